The van der Waals surface area contributed by atoms with Gasteiger partial charge in [-0.25, -0.2) is 9.78 Å². The molecule has 3 aromatic carbocycles. The minimum Gasteiger partial charge on any atom is -0.456 e. The number of aliphatic imine (C=N–C) groups is 1. The molecule has 0 radical (unpaired) electrons. The van der Waals surface area contributed by atoms with Gasteiger partial charge in [0, 0.05) is 17.7 Å². The predicted molar refractivity (Wildman–Crippen MR) is 206 cm³/mol. The van der Waals surface area contributed by atoms with Crippen LogP contribution in [0.2, 0.25) is 0 Å². The molecule has 3 atom stereocenters. The molecule has 4 heterocycles. The molecule has 1 aromatic heterocycles. The van der Waals surface area contributed by atoms with Crippen molar-refractivity contribution < 1.29 is 19.1 Å². The first-order valence-corrected chi connectivity index (χ1v) is 20.1. The topological polar surface area (TPSA) is 101 Å². The number of thiazole rings is 1. The van der Waals surface area contributed by atoms with E-state index in [0.29, 0.717) is 42.3 Å². The highest BCUT2D eigenvalue weighted by molar-refractivity contribution is 8.14. The van der Waals surface area contributed by atoms with E-state index in [4.69, 9.17) is 9.73 Å². The van der Waals surface area contributed by atoms with Crippen LogP contribution in [0.15, 0.2) is 114 Å². The zero-order valence-corrected chi connectivity index (χ0v) is 30.9. The monoisotopic (exact) mass is 736 g/mol. The van der Waals surface area contributed by atoms with Crippen LogP contribution in [0.5, 0.6) is 0 Å². The van der Waals surface area contributed by atoms with Crippen molar-refractivity contribution in [2.45, 2.75) is 61.6 Å². The molecular weight excluding hydrogens is 697 g/mol. The van der Waals surface area contributed by atoms with Gasteiger partial charge in [0.25, 0.3) is 5.91 Å². The van der Waals surface area contributed by atoms with E-state index < -0.39 is 28.4 Å². The number of fused-ring (bicyclic) bond motifs is 5. The quantitative estimate of drug-likeness (QED) is 0.0901. The van der Waals surface area contributed by atoms with Gasteiger partial charge in [-0.2, -0.15) is 0 Å². The van der Waals surface area contributed by atoms with Crippen LogP contribution >= 0.6 is 34.9 Å². The Balaban J connectivity index is 1.11. The highest BCUT2D eigenvalue weighted by atomic mass is 32.2. The van der Waals surface area contributed by atoms with Crippen LogP contribution in [0.25, 0.3) is 0 Å². The van der Waals surface area contributed by atoms with Gasteiger partial charge in [-0.05, 0) is 54.7 Å². The van der Waals surface area contributed by atoms with Gasteiger partial charge in [0.15, 0.2) is 0 Å². The molecular formula is C40H40N4O4S3. The Labute approximate surface area is 311 Å². The van der Waals surface area contributed by atoms with Crippen molar-refractivity contribution in [2.75, 3.05) is 18.1 Å². The summed E-state index contributed by atoms with van der Waals surface area (Å²) in [5.41, 5.74) is 3.30. The minimum atomic E-state index is -0.983. The normalized spacial score (nSPS) is 22.8. The molecule has 1 unspecified atom stereocenters. The largest absolute Gasteiger partial charge is 0.456 e. The van der Waals surface area contributed by atoms with E-state index in [9.17, 15) is 14.4 Å². The smallest absolute Gasteiger partial charge is 0.329 e. The number of ether oxygens (including phenoxy) is 1. The number of carbonyl (C=O) groups is 3. The molecule has 1 N–H and O–H groups in total. The maximum absolute atomic E-state index is 13.9. The lowest BCUT2D eigenvalue weighted by Gasteiger charge is -2.35. The number of nitrogens with one attached hydrogen (secondary N) is 1. The molecule has 0 aliphatic carbocycles. The van der Waals surface area contributed by atoms with Gasteiger partial charge >= 0.3 is 5.97 Å². The number of thioether (sulfide) groups is 2. The summed E-state index contributed by atoms with van der Waals surface area (Å²) < 4.78 is 5.59. The minimum absolute atomic E-state index is 0.0312. The molecule has 1 saturated heterocycles. The number of aromatic nitrogens is 1. The number of rotatable bonds is 8. The van der Waals surface area contributed by atoms with Gasteiger partial charge in [0.1, 0.15) is 33.4 Å². The molecule has 51 heavy (non-hydrogen) atoms. The van der Waals surface area contributed by atoms with Crippen molar-refractivity contribution in [3.05, 3.63) is 136 Å². The second-order valence-electron chi connectivity index (χ2n) is 13.1. The van der Waals surface area contributed by atoms with Crippen LogP contribution < -0.4 is 5.32 Å². The number of amides is 2. The Morgan fingerprint density at radius 1 is 0.980 bits per heavy atom. The number of esters is 1. The van der Waals surface area contributed by atoms with Crippen molar-refractivity contribution in [1.29, 1.82) is 0 Å². The summed E-state index contributed by atoms with van der Waals surface area (Å²) in [4.78, 5) is 51.9. The van der Waals surface area contributed by atoms with Gasteiger partial charge in [-0.15, -0.1) is 34.9 Å². The lowest BCUT2D eigenvalue weighted by Crippen LogP contribution is -2.51. The molecule has 8 nitrogen and oxygen atoms in total. The third kappa shape index (κ3) is 7.56. The Hall–Kier alpha value is -4.19. The number of carbonyl (C=O) groups excluding carboxylic acids is 3. The molecule has 4 aromatic rings. The van der Waals surface area contributed by atoms with E-state index in [0.717, 1.165) is 10.8 Å². The fourth-order valence-electron chi connectivity index (χ4n) is 6.90. The van der Waals surface area contributed by atoms with E-state index >= 15 is 0 Å². The fourth-order valence-corrected chi connectivity index (χ4v) is 10.3. The highest BCUT2D eigenvalue weighted by Gasteiger charge is 2.47. The summed E-state index contributed by atoms with van der Waals surface area (Å²) >= 11 is 4.79. The lowest BCUT2D eigenvalue weighted by atomic mass is 9.84. The van der Waals surface area contributed by atoms with Gasteiger partial charge in [0.2, 0.25) is 5.91 Å². The molecule has 0 saturated carbocycles. The maximum atomic E-state index is 13.9. The number of hydrogen-bond donors (Lipinski definition) is 1. The zero-order chi connectivity index (χ0) is 35.3. The van der Waals surface area contributed by atoms with Gasteiger partial charge in [0.05, 0.1) is 17.7 Å². The Bertz CT molecular complexity index is 1820. The molecule has 1 fully saturated rings. The molecule has 262 valence electrons. The lowest BCUT2D eigenvalue weighted by molar-refractivity contribution is -0.157. The van der Waals surface area contributed by atoms with Crippen LogP contribution in [0.3, 0.4) is 0 Å². The summed E-state index contributed by atoms with van der Waals surface area (Å²) in [7, 11) is 0. The van der Waals surface area contributed by atoms with E-state index in [1.165, 1.54) is 39.8 Å². The molecule has 7 rings (SSSR count). The molecule has 3 aliphatic rings. The molecule has 2 amide bonds. The SMILES string of the molecule is C[C@@]12CSC(=N1)c1csc(n1)CNC(=O)CC(C=CCCSC(c1ccccc1)(c1ccccc1)c1ccccc1)OC(=O)[C@@H]1CCCN1C2=O. The third-order valence-electron chi connectivity index (χ3n) is 9.44. The van der Waals surface area contributed by atoms with Crippen molar-refractivity contribution in [2.24, 2.45) is 4.99 Å². The molecule has 11 heteroatoms. The summed E-state index contributed by atoms with van der Waals surface area (Å²) in [5.74, 6) is 0.339. The Morgan fingerprint density at radius 2 is 1.63 bits per heavy atom. The summed E-state index contributed by atoms with van der Waals surface area (Å²) in [6.45, 7) is 2.56. The van der Waals surface area contributed by atoms with E-state index in [2.05, 4.69) is 83.1 Å². The van der Waals surface area contributed by atoms with Crippen molar-refractivity contribution in [3.8, 4) is 0 Å². The second kappa shape index (κ2) is 15.6. The second-order valence-corrected chi connectivity index (χ2v) is 16.3. The highest BCUT2D eigenvalue weighted by Crippen LogP contribution is 2.48. The van der Waals surface area contributed by atoms with Gasteiger partial charge in [-0.3, -0.25) is 14.6 Å². The van der Waals surface area contributed by atoms with E-state index in [1.807, 2.05) is 54.4 Å². The summed E-state index contributed by atoms with van der Waals surface area (Å²) in [6, 6.07) is 31.0. The molecule has 0 spiro atoms. The first-order chi connectivity index (χ1) is 24.9. The molecule has 3 aliphatic heterocycles. The van der Waals surface area contributed by atoms with Crippen molar-refractivity contribution >= 4 is 57.7 Å². The number of benzene rings is 3. The number of nitrogens with zero attached hydrogens (tertiary/aromatic N) is 3. The van der Waals surface area contributed by atoms with Crippen LogP contribution in [0, 0.1) is 0 Å². The zero-order valence-electron chi connectivity index (χ0n) is 28.4. The standard InChI is InChI=1S/C40H40N4O4S3/c1-39-27-50-36(43-39)32-26-49-35(42-32)25-41-34(45)24-31(48-37(46)33-21-13-22-44(33)38(39)47)20-11-12-23-51-40(28-14-5-2-6-15-28,29-16-7-3-8-17-29)30-18-9-4-10-19-30/h2-11,14-20,26,31,33H,12-13,21-25,27H2,1H3,(H,41,45)/t31?,33-,39-/m0/s1. The fraction of sp³-hybridized carbons (Fsp3) is 0.325. The van der Waals surface area contributed by atoms with Crippen molar-refractivity contribution in [1.82, 2.24) is 15.2 Å². The number of hydrogen-bond acceptors (Lipinski definition) is 9. The first-order valence-electron chi connectivity index (χ1n) is 17.3. The van der Waals surface area contributed by atoms with Crippen LogP contribution in [0.1, 0.15) is 60.0 Å². The van der Waals surface area contributed by atoms with E-state index in [-0.39, 0.29) is 24.8 Å². The number of cyclic esters (lactones) is 1. The summed E-state index contributed by atoms with van der Waals surface area (Å²) in [5, 5.41) is 6.32. The molecule has 4 bridgehead atoms. The van der Waals surface area contributed by atoms with Crippen molar-refractivity contribution in [3.63, 3.8) is 0 Å². The average molecular weight is 737 g/mol. The van der Waals surface area contributed by atoms with Crippen LogP contribution in [-0.2, 0) is 30.4 Å². The number of allylic oxidation sites excluding steroid dienone is 1. The van der Waals surface area contributed by atoms with Gasteiger partial charge in [-0.1, -0.05) is 97.1 Å². The maximum Gasteiger partial charge on any atom is 0.329 e. The van der Waals surface area contributed by atoms with Crippen LogP contribution in [0.4, 0.5) is 0 Å². The van der Waals surface area contributed by atoms with E-state index in [1.54, 1.807) is 4.90 Å². The van der Waals surface area contributed by atoms with Crippen LogP contribution in [-0.4, -0.2) is 68.4 Å². The average Bonchev–Trinajstić information content (AvgIpc) is 3.94. The third-order valence-corrected chi connectivity index (χ3v) is 13.2. The predicted octanol–water partition coefficient (Wildman–Crippen LogP) is 6.99. The van der Waals surface area contributed by atoms with Gasteiger partial charge < -0.3 is 15.0 Å². The Kier molecular flexibility index (Phi) is 10.8. The Morgan fingerprint density at radius 3 is 2.27 bits per heavy atom. The summed E-state index contributed by atoms with van der Waals surface area (Å²) in [6.07, 6.45) is 4.90. The first kappa shape index (κ1) is 35.2.